The van der Waals surface area contributed by atoms with Crippen molar-refractivity contribution in [1.29, 1.82) is 0 Å². The summed E-state index contributed by atoms with van der Waals surface area (Å²) in [4.78, 5) is 28.0. The number of aromatic nitrogens is 2. The molecule has 9 nitrogen and oxygen atoms in total. The van der Waals surface area contributed by atoms with Crippen LogP contribution in [0.3, 0.4) is 0 Å². The molecule has 0 radical (unpaired) electrons. The Kier molecular flexibility index (Phi) is 9.84. The van der Waals surface area contributed by atoms with Crippen LogP contribution < -0.4 is 15.4 Å². The summed E-state index contributed by atoms with van der Waals surface area (Å²) in [5.74, 6) is 1.37. The number of likely N-dealkylation sites (N-methyl/N-ethyl adjacent to an activating group) is 2. The Hall–Kier alpha value is -4.21. The van der Waals surface area contributed by atoms with Crippen molar-refractivity contribution < 1.29 is 9.53 Å². The number of hydrogen-bond donors (Lipinski definition) is 2. The monoisotopic (exact) mass is 567 g/mol. The van der Waals surface area contributed by atoms with Crippen molar-refractivity contribution in [3.05, 3.63) is 85.1 Å². The summed E-state index contributed by atoms with van der Waals surface area (Å²) in [6, 6.07) is 16.7. The minimum Gasteiger partial charge on any atom is -0.493 e. The van der Waals surface area contributed by atoms with Gasteiger partial charge in [0, 0.05) is 68.4 Å². The van der Waals surface area contributed by atoms with Crippen LogP contribution >= 0.6 is 0 Å². The third-order valence-corrected chi connectivity index (χ3v) is 7.69. The summed E-state index contributed by atoms with van der Waals surface area (Å²) in [6.45, 7) is 9.02. The van der Waals surface area contributed by atoms with Gasteiger partial charge in [-0.25, -0.2) is 9.97 Å². The number of carbonyl (C=O) groups excluding carboxylic acids is 1. The van der Waals surface area contributed by atoms with Crippen molar-refractivity contribution in [2.24, 2.45) is 0 Å². The van der Waals surface area contributed by atoms with Crippen molar-refractivity contribution in [3.8, 4) is 17.0 Å². The van der Waals surface area contributed by atoms with E-state index < -0.39 is 0 Å². The van der Waals surface area contributed by atoms with Crippen molar-refractivity contribution in [3.63, 3.8) is 0 Å². The second-order valence-electron chi connectivity index (χ2n) is 11.0. The van der Waals surface area contributed by atoms with Crippen molar-refractivity contribution in [1.82, 2.24) is 24.7 Å². The molecule has 9 heteroatoms. The first-order valence-corrected chi connectivity index (χ1v) is 14.6. The third-order valence-electron chi connectivity index (χ3n) is 7.69. The lowest BCUT2D eigenvalue weighted by Gasteiger charge is -2.39. The third kappa shape index (κ3) is 7.96. The Morgan fingerprint density at radius 1 is 1.17 bits per heavy atom. The largest absolute Gasteiger partial charge is 0.493 e. The van der Waals surface area contributed by atoms with Crippen LogP contribution in [0.5, 0.6) is 5.75 Å². The highest BCUT2D eigenvalue weighted by Gasteiger charge is 2.25. The molecule has 0 saturated carbocycles. The summed E-state index contributed by atoms with van der Waals surface area (Å²) < 4.78 is 5.98. The number of ether oxygens (including phenoxy) is 1. The first-order valence-electron chi connectivity index (χ1n) is 14.6. The highest BCUT2D eigenvalue weighted by atomic mass is 16.5. The molecule has 0 spiro atoms. The van der Waals surface area contributed by atoms with Crippen molar-refractivity contribution in [2.75, 3.05) is 64.1 Å². The molecule has 2 aliphatic heterocycles. The molecule has 3 heterocycles. The van der Waals surface area contributed by atoms with E-state index in [0.29, 0.717) is 18.6 Å². The maximum atomic E-state index is 12.2. The number of benzene rings is 2. The normalized spacial score (nSPS) is 19.0. The maximum Gasteiger partial charge on any atom is 0.246 e. The van der Waals surface area contributed by atoms with Gasteiger partial charge in [0.2, 0.25) is 11.9 Å². The fourth-order valence-electron chi connectivity index (χ4n) is 5.38. The highest BCUT2D eigenvalue weighted by molar-refractivity contribution is 5.87. The smallest absolute Gasteiger partial charge is 0.246 e. The molecule has 0 aliphatic carbocycles. The van der Waals surface area contributed by atoms with E-state index >= 15 is 0 Å². The van der Waals surface area contributed by atoms with Crippen molar-refractivity contribution >= 4 is 23.2 Å². The number of piperazine rings is 1. The second kappa shape index (κ2) is 14.1. The van der Waals surface area contributed by atoms with Gasteiger partial charge < -0.3 is 20.3 Å². The number of nitrogens with one attached hydrogen (secondary N) is 2. The van der Waals surface area contributed by atoms with Gasteiger partial charge in [-0.3, -0.25) is 14.6 Å². The topological polar surface area (TPSA) is 85.9 Å². The number of fused-ring (bicyclic) bond motifs is 7. The first kappa shape index (κ1) is 29.3. The molecular weight excluding hydrogens is 526 g/mol. The number of rotatable bonds is 5. The summed E-state index contributed by atoms with van der Waals surface area (Å²) >= 11 is 0. The van der Waals surface area contributed by atoms with Crippen LogP contribution in [0.25, 0.3) is 11.3 Å². The van der Waals surface area contributed by atoms with Gasteiger partial charge in [-0.05, 0) is 75.0 Å². The van der Waals surface area contributed by atoms with E-state index in [0.717, 1.165) is 80.5 Å². The van der Waals surface area contributed by atoms with Crippen LogP contribution in [0.1, 0.15) is 18.4 Å². The van der Waals surface area contributed by atoms with E-state index in [1.807, 2.05) is 35.2 Å². The molecule has 1 atom stereocenters. The quantitative estimate of drug-likeness (QED) is 0.336. The summed E-state index contributed by atoms with van der Waals surface area (Å²) in [5.41, 5.74) is 4.95. The molecule has 3 aromatic rings. The van der Waals surface area contributed by atoms with Gasteiger partial charge in [0.1, 0.15) is 5.75 Å². The number of carbonyl (C=O) groups is 1. The molecule has 220 valence electrons. The van der Waals surface area contributed by atoms with Crippen LogP contribution in [0.2, 0.25) is 0 Å². The number of anilines is 3. The predicted octanol–water partition coefficient (Wildman–Crippen LogP) is 4.79. The molecule has 1 saturated heterocycles. The molecule has 42 heavy (non-hydrogen) atoms. The lowest BCUT2D eigenvalue weighted by molar-refractivity contribution is -0.128. The van der Waals surface area contributed by atoms with Crippen LogP contribution in [0, 0.1) is 0 Å². The molecule has 1 unspecified atom stereocenters. The van der Waals surface area contributed by atoms with E-state index in [-0.39, 0.29) is 5.91 Å². The van der Waals surface area contributed by atoms with Crippen molar-refractivity contribution in [2.45, 2.75) is 25.4 Å². The molecule has 1 aromatic heterocycles. The van der Waals surface area contributed by atoms with Crippen LogP contribution in [-0.2, 0) is 11.3 Å². The van der Waals surface area contributed by atoms with Gasteiger partial charge in [-0.2, -0.15) is 0 Å². The Morgan fingerprint density at radius 2 is 2.07 bits per heavy atom. The van der Waals surface area contributed by atoms with Gasteiger partial charge in [0.15, 0.2) is 0 Å². The van der Waals surface area contributed by atoms with Crippen LogP contribution in [0.4, 0.5) is 17.3 Å². The van der Waals surface area contributed by atoms with E-state index in [1.165, 1.54) is 11.6 Å². The van der Waals surface area contributed by atoms with Crippen LogP contribution in [0.15, 0.2) is 79.5 Å². The zero-order valence-electron chi connectivity index (χ0n) is 24.6. The summed E-state index contributed by atoms with van der Waals surface area (Å²) in [5, 5.41) is 7.07. The average molecular weight is 568 g/mol. The Labute approximate surface area is 248 Å². The molecule has 6 bridgehead atoms. The maximum absolute atomic E-state index is 12.2. The van der Waals surface area contributed by atoms with E-state index in [9.17, 15) is 4.79 Å². The van der Waals surface area contributed by atoms with E-state index in [4.69, 9.17) is 9.72 Å². The standard InChI is InChI=1S/C33H41N7O2/c1-4-32(41)40-17-16-39(3)29(24-40)11-13-34-27-19-25-20-28(22-27)36-33-35-14-12-31(37-33)26-9-8-10-30(21-26)42-18-7-5-6-15-38(2)23-25/h4-6,8-10,12,14,19-22,29,34H,1,7,11,13,15-18,23-24H2,2-3H3,(H,35,36,37)/b6-5+. The molecule has 1 fully saturated rings. The summed E-state index contributed by atoms with van der Waals surface area (Å²) in [7, 11) is 4.26. The molecule has 2 aliphatic rings. The average Bonchev–Trinajstić information content (AvgIpc) is 2.99. The first-order chi connectivity index (χ1) is 20.5. The van der Waals surface area contributed by atoms with Gasteiger partial charge in [0.05, 0.1) is 12.3 Å². The molecular formula is C33H41N7O2. The summed E-state index contributed by atoms with van der Waals surface area (Å²) in [6.07, 6.45) is 9.33. The highest BCUT2D eigenvalue weighted by Crippen LogP contribution is 2.26. The Balaban J connectivity index is 1.35. The zero-order chi connectivity index (χ0) is 29.3. The fourth-order valence-corrected chi connectivity index (χ4v) is 5.38. The van der Waals surface area contributed by atoms with Gasteiger partial charge in [-0.1, -0.05) is 30.9 Å². The number of amides is 1. The zero-order valence-corrected chi connectivity index (χ0v) is 24.6. The van der Waals surface area contributed by atoms with Gasteiger partial charge >= 0.3 is 0 Å². The lowest BCUT2D eigenvalue weighted by atomic mass is 10.1. The number of nitrogens with zero attached hydrogens (tertiary/aromatic N) is 5. The molecule has 5 rings (SSSR count). The minimum atomic E-state index is 0.00735. The second-order valence-corrected chi connectivity index (χ2v) is 11.0. The number of hydrogen-bond acceptors (Lipinski definition) is 8. The molecule has 1 amide bonds. The van der Waals surface area contributed by atoms with E-state index in [1.54, 1.807) is 6.20 Å². The molecule has 2 N–H and O–H groups in total. The Morgan fingerprint density at radius 3 is 2.95 bits per heavy atom. The van der Waals surface area contributed by atoms with Crippen LogP contribution in [-0.4, -0.2) is 90.0 Å². The molecule has 2 aromatic carbocycles. The van der Waals surface area contributed by atoms with Gasteiger partial charge in [0.25, 0.3) is 0 Å². The SMILES string of the molecule is C=CC(=O)N1CCN(C)C(CCNc2cc3cc(c2)Nc2nccc(n2)-c2cccc(c2)OCC/C=C/CN(C)C3)C1. The lowest BCUT2D eigenvalue weighted by Crippen LogP contribution is -2.53. The minimum absolute atomic E-state index is 0.00735. The van der Waals surface area contributed by atoms with Gasteiger partial charge in [-0.15, -0.1) is 0 Å². The predicted molar refractivity (Wildman–Crippen MR) is 169 cm³/mol. The fraction of sp³-hybridized carbons (Fsp3) is 0.364. The Bertz CT molecular complexity index is 1410. The van der Waals surface area contributed by atoms with E-state index in [2.05, 4.69) is 76.4 Å².